The van der Waals surface area contributed by atoms with Crippen molar-refractivity contribution in [1.82, 2.24) is 0 Å². The highest BCUT2D eigenvalue weighted by Crippen LogP contribution is 2.48. The summed E-state index contributed by atoms with van der Waals surface area (Å²) in [7, 11) is 0. The average Bonchev–Trinajstić information content (AvgIpc) is 2.51. The molecule has 0 aromatic heterocycles. The van der Waals surface area contributed by atoms with Crippen molar-refractivity contribution in [1.29, 1.82) is 0 Å². The van der Waals surface area contributed by atoms with E-state index in [1.54, 1.807) is 0 Å². The number of thioether (sulfide) groups is 2. The molecule has 0 aliphatic rings. The summed E-state index contributed by atoms with van der Waals surface area (Å²) >= 11 is 16.3. The summed E-state index contributed by atoms with van der Waals surface area (Å²) in [6, 6.07) is 16.4. The maximum Gasteiger partial charge on any atom is 0.0457 e. The molecule has 0 unspecified atom stereocenters. The molecule has 4 heteroatoms. The number of halogens is 2. The topological polar surface area (TPSA) is 0 Å². The second kappa shape index (κ2) is 9.12. The highest BCUT2D eigenvalue weighted by molar-refractivity contribution is 8.03. The molecule has 22 heavy (non-hydrogen) atoms. The van der Waals surface area contributed by atoms with E-state index in [0.717, 1.165) is 21.6 Å². The van der Waals surface area contributed by atoms with Gasteiger partial charge in [0, 0.05) is 20.5 Å². The first-order valence-corrected chi connectivity index (χ1v) is 10.2. The van der Waals surface area contributed by atoms with E-state index in [4.69, 9.17) is 23.2 Å². The summed E-state index contributed by atoms with van der Waals surface area (Å²) in [5.41, 5.74) is 2.57. The number of hydrogen-bond donors (Lipinski definition) is 0. The SMILES string of the molecule is CCS[C@H](c1cccc(Cl)c1)[C@H](SCC)c1cccc(Cl)c1. The summed E-state index contributed by atoms with van der Waals surface area (Å²) in [5.74, 6) is 2.14. The fraction of sp³-hybridized carbons (Fsp3) is 0.333. The second-order valence-corrected chi connectivity index (χ2v) is 8.57. The van der Waals surface area contributed by atoms with Crippen LogP contribution in [0.25, 0.3) is 0 Å². The molecular weight excluding hydrogens is 351 g/mol. The average molecular weight is 371 g/mol. The van der Waals surface area contributed by atoms with Gasteiger partial charge in [0.25, 0.3) is 0 Å². The van der Waals surface area contributed by atoms with Gasteiger partial charge in [0.2, 0.25) is 0 Å². The van der Waals surface area contributed by atoms with E-state index in [2.05, 4.69) is 38.1 Å². The molecule has 0 aliphatic heterocycles. The minimum Gasteiger partial charge on any atom is -0.153 e. The maximum atomic E-state index is 6.20. The molecule has 2 atom stereocenters. The summed E-state index contributed by atoms with van der Waals surface area (Å²) in [6.45, 7) is 4.40. The molecule has 0 bridgehead atoms. The van der Waals surface area contributed by atoms with Gasteiger partial charge in [-0.05, 0) is 46.9 Å². The van der Waals surface area contributed by atoms with Crippen LogP contribution in [-0.4, -0.2) is 11.5 Å². The van der Waals surface area contributed by atoms with Crippen LogP contribution in [0, 0.1) is 0 Å². The molecule has 118 valence electrons. The molecule has 0 fully saturated rings. The predicted octanol–water partition coefficient (Wildman–Crippen LogP) is 7.28. The number of benzene rings is 2. The number of hydrogen-bond acceptors (Lipinski definition) is 2. The molecule has 0 amide bonds. The Labute approximate surface area is 152 Å². The molecule has 2 rings (SSSR count). The Bertz CT molecular complexity index is 548. The quantitative estimate of drug-likeness (QED) is 0.501. The van der Waals surface area contributed by atoms with Crippen LogP contribution in [-0.2, 0) is 0 Å². The van der Waals surface area contributed by atoms with Crippen LogP contribution in [0.4, 0.5) is 0 Å². The van der Waals surface area contributed by atoms with Gasteiger partial charge in [-0.1, -0.05) is 61.3 Å². The van der Waals surface area contributed by atoms with Crippen molar-refractivity contribution < 1.29 is 0 Å². The Kier molecular flexibility index (Phi) is 7.49. The number of rotatable bonds is 7. The van der Waals surface area contributed by atoms with Crippen molar-refractivity contribution in [2.45, 2.75) is 24.3 Å². The van der Waals surface area contributed by atoms with Gasteiger partial charge < -0.3 is 0 Å². The van der Waals surface area contributed by atoms with Crippen molar-refractivity contribution in [2.75, 3.05) is 11.5 Å². The van der Waals surface area contributed by atoms with Crippen LogP contribution in [0.3, 0.4) is 0 Å². The lowest BCUT2D eigenvalue weighted by Gasteiger charge is -2.27. The van der Waals surface area contributed by atoms with Crippen LogP contribution < -0.4 is 0 Å². The predicted molar refractivity (Wildman–Crippen MR) is 105 cm³/mol. The van der Waals surface area contributed by atoms with Crippen LogP contribution in [0.5, 0.6) is 0 Å². The Morgan fingerprint density at radius 3 is 1.50 bits per heavy atom. The molecule has 0 N–H and O–H groups in total. The van der Waals surface area contributed by atoms with Gasteiger partial charge in [0.05, 0.1) is 0 Å². The monoisotopic (exact) mass is 370 g/mol. The fourth-order valence-corrected chi connectivity index (χ4v) is 5.37. The lowest BCUT2D eigenvalue weighted by atomic mass is 10.0. The largest absolute Gasteiger partial charge is 0.153 e. The van der Waals surface area contributed by atoms with E-state index in [1.807, 2.05) is 47.8 Å². The minimum atomic E-state index is 0.368. The zero-order chi connectivity index (χ0) is 15.9. The zero-order valence-corrected chi connectivity index (χ0v) is 15.9. The van der Waals surface area contributed by atoms with Gasteiger partial charge in [-0.15, -0.1) is 0 Å². The van der Waals surface area contributed by atoms with Gasteiger partial charge in [0.1, 0.15) is 0 Å². The van der Waals surface area contributed by atoms with Crippen molar-refractivity contribution >= 4 is 46.7 Å². The van der Waals surface area contributed by atoms with Gasteiger partial charge in [-0.3, -0.25) is 0 Å². The highest BCUT2D eigenvalue weighted by Gasteiger charge is 2.25. The van der Waals surface area contributed by atoms with E-state index < -0.39 is 0 Å². The van der Waals surface area contributed by atoms with Crippen molar-refractivity contribution in [2.24, 2.45) is 0 Å². The summed E-state index contributed by atoms with van der Waals surface area (Å²) in [4.78, 5) is 0. The lowest BCUT2D eigenvalue weighted by Crippen LogP contribution is -2.07. The van der Waals surface area contributed by atoms with E-state index in [1.165, 1.54) is 11.1 Å². The van der Waals surface area contributed by atoms with Crippen LogP contribution in [0.2, 0.25) is 10.0 Å². The van der Waals surface area contributed by atoms with Gasteiger partial charge in [-0.25, -0.2) is 0 Å². The second-order valence-electron chi connectivity index (χ2n) is 4.86. The normalized spacial score (nSPS) is 13.8. The third-order valence-electron chi connectivity index (χ3n) is 3.32. The smallest absolute Gasteiger partial charge is 0.0457 e. The molecule has 0 aliphatic carbocycles. The first-order chi connectivity index (χ1) is 10.7. The molecule has 0 nitrogen and oxygen atoms in total. The lowest BCUT2D eigenvalue weighted by molar-refractivity contribution is 0.905. The first-order valence-electron chi connectivity index (χ1n) is 7.39. The van der Waals surface area contributed by atoms with Crippen molar-refractivity contribution in [3.63, 3.8) is 0 Å². The fourth-order valence-electron chi connectivity index (χ4n) is 2.44. The van der Waals surface area contributed by atoms with E-state index in [9.17, 15) is 0 Å². The highest BCUT2D eigenvalue weighted by atomic mass is 35.5. The van der Waals surface area contributed by atoms with E-state index >= 15 is 0 Å². The van der Waals surface area contributed by atoms with Gasteiger partial charge in [-0.2, -0.15) is 23.5 Å². The first kappa shape index (κ1) is 18.1. The summed E-state index contributed by atoms with van der Waals surface area (Å²) in [6.07, 6.45) is 0. The minimum absolute atomic E-state index is 0.368. The summed E-state index contributed by atoms with van der Waals surface area (Å²) in [5, 5.41) is 2.33. The van der Waals surface area contributed by atoms with Crippen molar-refractivity contribution in [3.05, 3.63) is 69.7 Å². The van der Waals surface area contributed by atoms with Crippen LogP contribution in [0.15, 0.2) is 48.5 Å². The molecular formula is C18H20Cl2S2. The third-order valence-corrected chi connectivity index (χ3v) is 6.44. The maximum absolute atomic E-state index is 6.20. The van der Waals surface area contributed by atoms with Gasteiger partial charge in [0.15, 0.2) is 0 Å². The Hall–Kier alpha value is -0.280. The molecule has 2 aromatic carbocycles. The molecule has 0 heterocycles. The Morgan fingerprint density at radius 1 is 0.773 bits per heavy atom. The summed E-state index contributed by atoms with van der Waals surface area (Å²) < 4.78 is 0. The Morgan fingerprint density at radius 2 is 1.18 bits per heavy atom. The third kappa shape index (κ3) is 4.86. The van der Waals surface area contributed by atoms with Gasteiger partial charge >= 0.3 is 0 Å². The molecule has 0 spiro atoms. The van der Waals surface area contributed by atoms with E-state index in [0.29, 0.717) is 10.5 Å². The Balaban J connectivity index is 2.41. The van der Waals surface area contributed by atoms with Crippen molar-refractivity contribution in [3.8, 4) is 0 Å². The van der Waals surface area contributed by atoms with Crippen LogP contribution in [0.1, 0.15) is 35.5 Å². The molecule has 0 saturated heterocycles. The van der Waals surface area contributed by atoms with E-state index in [-0.39, 0.29) is 0 Å². The standard InChI is InChI=1S/C18H20Cl2S2/c1-3-21-17(13-7-5-9-15(19)11-13)18(22-4-2)14-8-6-10-16(20)12-14/h5-12,17-18H,3-4H2,1-2H3/t17-,18-/m1/s1. The zero-order valence-electron chi connectivity index (χ0n) is 12.8. The van der Waals surface area contributed by atoms with Crippen LogP contribution >= 0.6 is 46.7 Å². The molecule has 0 saturated carbocycles. The molecule has 2 aromatic rings. The molecule has 0 radical (unpaired) electrons.